The Morgan fingerprint density at radius 1 is 0.964 bits per heavy atom. The van der Waals surface area contributed by atoms with Crippen LogP contribution in [-0.2, 0) is 14.8 Å². The molecule has 2 aromatic carbocycles. The fourth-order valence-corrected chi connectivity index (χ4v) is 4.18. The molecule has 0 amide bonds. The summed E-state index contributed by atoms with van der Waals surface area (Å²) in [6.07, 6.45) is 0. The highest BCUT2D eigenvalue weighted by Gasteiger charge is 2.25. The van der Waals surface area contributed by atoms with Crippen LogP contribution < -0.4 is 9.46 Å². The van der Waals surface area contributed by atoms with Crippen LogP contribution in [0.1, 0.15) is 41.5 Å². The highest BCUT2D eigenvalue weighted by Crippen LogP contribution is 2.25. The van der Waals surface area contributed by atoms with Gasteiger partial charge in [0.25, 0.3) is 0 Å². The Kier molecular flexibility index (Phi) is 6.48. The van der Waals surface area contributed by atoms with Gasteiger partial charge in [0.1, 0.15) is 10.6 Å². The fourth-order valence-electron chi connectivity index (χ4n) is 2.24. The van der Waals surface area contributed by atoms with E-state index in [1.807, 2.05) is 0 Å². The Morgan fingerprint density at radius 3 is 2.07 bits per heavy atom. The van der Waals surface area contributed by atoms with Crippen molar-refractivity contribution in [3.8, 4) is 5.75 Å². The molecule has 7 nitrogen and oxygen atoms in total. The zero-order valence-electron chi connectivity index (χ0n) is 15.8. The van der Waals surface area contributed by atoms with Gasteiger partial charge in [-0.15, -0.1) is 0 Å². The van der Waals surface area contributed by atoms with Gasteiger partial charge >= 0.3 is 11.9 Å². The summed E-state index contributed by atoms with van der Waals surface area (Å²) >= 11 is 6.02. The summed E-state index contributed by atoms with van der Waals surface area (Å²) in [5.74, 6) is -1.10. The number of hydrogen-bond donors (Lipinski definition) is 1. The first kappa shape index (κ1) is 21.9. The van der Waals surface area contributed by atoms with Crippen LogP contribution in [0.2, 0.25) is 5.02 Å². The number of hydrogen-bond acceptors (Lipinski definition) is 6. The number of benzene rings is 2. The predicted molar refractivity (Wildman–Crippen MR) is 104 cm³/mol. The molecule has 1 N–H and O–H groups in total. The minimum absolute atomic E-state index is 0.00993. The van der Waals surface area contributed by atoms with E-state index in [1.165, 1.54) is 43.5 Å². The zero-order valence-corrected chi connectivity index (χ0v) is 17.3. The van der Waals surface area contributed by atoms with Crippen LogP contribution in [0.25, 0.3) is 0 Å². The van der Waals surface area contributed by atoms with Crippen molar-refractivity contribution in [2.75, 3.05) is 7.11 Å². The Bertz CT molecular complexity index is 994. The quantitative estimate of drug-likeness (QED) is 0.582. The summed E-state index contributed by atoms with van der Waals surface area (Å²) in [7, 11) is -2.68. The monoisotopic (exact) mass is 425 g/mol. The second-order valence-electron chi connectivity index (χ2n) is 6.91. The van der Waals surface area contributed by atoms with Gasteiger partial charge in [0, 0.05) is 5.54 Å². The van der Waals surface area contributed by atoms with Crippen LogP contribution in [0.5, 0.6) is 5.75 Å². The third-order valence-electron chi connectivity index (χ3n) is 3.38. The smallest absolute Gasteiger partial charge is 0.343 e. The van der Waals surface area contributed by atoms with E-state index in [0.29, 0.717) is 5.56 Å². The molecule has 0 heterocycles. The van der Waals surface area contributed by atoms with E-state index < -0.39 is 27.5 Å². The molecular weight excluding hydrogens is 406 g/mol. The van der Waals surface area contributed by atoms with Crippen LogP contribution in [-0.4, -0.2) is 33.0 Å². The second kappa shape index (κ2) is 8.30. The number of rotatable bonds is 5. The summed E-state index contributed by atoms with van der Waals surface area (Å²) in [5, 5.41) is -0.0178. The lowest BCUT2D eigenvalue weighted by molar-refractivity contribution is 0.0600. The van der Waals surface area contributed by atoms with E-state index in [2.05, 4.69) is 9.46 Å². The molecule has 0 aliphatic carbocycles. The molecule has 2 aromatic rings. The van der Waals surface area contributed by atoms with Crippen molar-refractivity contribution in [2.24, 2.45) is 0 Å². The zero-order chi connectivity index (χ0) is 21.1. The molecule has 0 aliphatic rings. The van der Waals surface area contributed by atoms with E-state index >= 15 is 0 Å². The number of sulfonamides is 1. The minimum Gasteiger partial charge on any atom is -0.465 e. The highest BCUT2D eigenvalue weighted by atomic mass is 35.5. The SMILES string of the molecule is COC(=O)c1ccc(OC(=O)c2ccc(Cl)c(S(=O)(=O)NC(C)(C)C)c2)cc1. The molecule has 0 spiro atoms. The van der Waals surface area contributed by atoms with Gasteiger partial charge < -0.3 is 9.47 Å². The molecule has 0 radical (unpaired) electrons. The molecule has 0 unspecified atom stereocenters. The van der Waals surface area contributed by atoms with E-state index in [1.54, 1.807) is 20.8 Å². The standard InChI is InChI=1S/C19H20ClNO6S/c1-19(2,3)21-28(24,25)16-11-13(7-10-15(16)20)18(23)27-14-8-5-12(6-9-14)17(22)26-4/h5-11,21H,1-4H3. The van der Waals surface area contributed by atoms with Gasteiger partial charge in [0.05, 0.1) is 23.3 Å². The Hall–Kier alpha value is -2.42. The van der Waals surface area contributed by atoms with Gasteiger partial charge in [-0.05, 0) is 63.2 Å². The average Bonchev–Trinajstić information content (AvgIpc) is 2.59. The molecule has 28 heavy (non-hydrogen) atoms. The van der Waals surface area contributed by atoms with Crippen LogP contribution in [0, 0.1) is 0 Å². The number of halogens is 1. The van der Waals surface area contributed by atoms with E-state index in [-0.39, 0.29) is 21.2 Å². The molecule has 2 rings (SSSR count). The van der Waals surface area contributed by atoms with Gasteiger partial charge in [0.2, 0.25) is 10.0 Å². The van der Waals surface area contributed by atoms with Crippen molar-refractivity contribution in [3.05, 3.63) is 58.6 Å². The summed E-state index contributed by atoms with van der Waals surface area (Å²) < 4.78 is 37.4. The molecule has 0 fully saturated rings. The number of ether oxygens (including phenoxy) is 2. The summed E-state index contributed by atoms with van der Waals surface area (Å²) in [6.45, 7) is 5.07. The van der Waals surface area contributed by atoms with Gasteiger partial charge in [0.15, 0.2) is 0 Å². The van der Waals surface area contributed by atoms with Crippen molar-refractivity contribution >= 4 is 33.6 Å². The van der Waals surface area contributed by atoms with Gasteiger partial charge in [-0.25, -0.2) is 22.7 Å². The van der Waals surface area contributed by atoms with E-state index in [0.717, 1.165) is 6.07 Å². The van der Waals surface area contributed by atoms with Crippen LogP contribution >= 0.6 is 11.6 Å². The maximum absolute atomic E-state index is 12.5. The van der Waals surface area contributed by atoms with Crippen LogP contribution in [0.3, 0.4) is 0 Å². The summed E-state index contributed by atoms with van der Waals surface area (Å²) in [4.78, 5) is 23.6. The van der Waals surface area contributed by atoms with Crippen molar-refractivity contribution in [2.45, 2.75) is 31.2 Å². The van der Waals surface area contributed by atoms with Gasteiger partial charge in [-0.1, -0.05) is 11.6 Å². The third-order valence-corrected chi connectivity index (χ3v) is 5.62. The largest absolute Gasteiger partial charge is 0.465 e. The first-order valence-corrected chi connectivity index (χ1v) is 10.0. The van der Waals surface area contributed by atoms with Crippen molar-refractivity contribution in [3.63, 3.8) is 0 Å². The Morgan fingerprint density at radius 2 is 1.54 bits per heavy atom. The Labute approximate surface area is 168 Å². The third kappa shape index (κ3) is 5.54. The van der Waals surface area contributed by atoms with Crippen molar-refractivity contribution in [1.29, 1.82) is 0 Å². The lowest BCUT2D eigenvalue weighted by atomic mass is 10.1. The molecular formula is C19H20ClNO6S. The maximum Gasteiger partial charge on any atom is 0.343 e. The lowest BCUT2D eigenvalue weighted by Crippen LogP contribution is -2.40. The maximum atomic E-state index is 12.5. The number of nitrogens with one attached hydrogen (secondary N) is 1. The van der Waals surface area contributed by atoms with E-state index in [4.69, 9.17) is 16.3 Å². The van der Waals surface area contributed by atoms with Gasteiger partial charge in [-0.2, -0.15) is 0 Å². The van der Waals surface area contributed by atoms with Crippen LogP contribution in [0.4, 0.5) is 0 Å². The number of carbonyl (C=O) groups excluding carboxylic acids is 2. The first-order chi connectivity index (χ1) is 12.9. The highest BCUT2D eigenvalue weighted by molar-refractivity contribution is 7.89. The molecule has 0 aliphatic heterocycles. The molecule has 0 bridgehead atoms. The molecule has 150 valence electrons. The van der Waals surface area contributed by atoms with Crippen molar-refractivity contribution < 1.29 is 27.5 Å². The topological polar surface area (TPSA) is 98.8 Å². The summed E-state index contributed by atoms with van der Waals surface area (Å²) in [5.41, 5.74) is -0.411. The number of esters is 2. The van der Waals surface area contributed by atoms with Crippen LogP contribution in [0.15, 0.2) is 47.4 Å². The Balaban J connectivity index is 2.26. The first-order valence-electron chi connectivity index (χ1n) is 8.17. The minimum atomic E-state index is -3.94. The molecule has 0 aromatic heterocycles. The normalized spacial score (nSPS) is 11.8. The van der Waals surface area contributed by atoms with Crippen molar-refractivity contribution in [1.82, 2.24) is 4.72 Å². The fraction of sp³-hybridized carbons (Fsp3) is 0.263. The molecule has 0 saturated heterocycles. The number of carbonyl (C=O) groups is 2. The van der Waals surface area contributed by atoms with E-state index in [9.17, 15) is 18.0 Å². The summed E-state index contributed by atoms with van der Waals surface area (Å²) in [6, 6.07) is 9.58. The number of methoxy groups -OCH3 is 1. The molecule has 0 atom stereocenters. The molecule has 0 saturated carbocycles. The lowest BCUT2D eigenvalue weighted by Gasteiger charge is -2.21. The van der Waals surface area contributed by atoms with Gasteiger partial charge in [-0.3, -0.25) is 0 Å². The predicted octanol–water partition coefficient (Wildman–Crippen LogP) is 3.42. The average molecular weight is 426 g/mol. The molecule has 9 heteroatoms. The second-order valence-corrected chi connectivity index (χ2v) is 8.96.